The molecule has 0 saturated carbocycles. The van der Waals surface area contributed by atoms with Crippen molar-refractivity contribution in [3.05, 3.63) is 164 Å². The monoisotopic (exact) mass is 615 g/mol. The van der Waals surface area contributed by atoms with Crippen LogP contribution in [-0.4, -0.2) is 24.1 Å². The highest BCUT2D eigenvalue weighted by Crippen LogP contribution is 2.42. The van der Waals surface area contributed by atoms with E-state index >= 15 is 0 Å². The number of para-hydroxylation sites is 2. The Labute approximate surface area is 276 Å². The van der Waals surface area contributed by atoms with E-state index < -0.39 is 0 Å². The fraction of sp³-hybridized carbons (Fsp3) is 0.0465. The van der Waals surface area contributed by atoms with Gasteiger partial charge in [0.1, 0.15) is 5.82 Å². The number of benzene rings is 6. The molecule has 226 valence electrons. The number of fused-ring (bicyclic) bond motifs is 8. The summed E-state index contributed by atoms with van der Waals surface area (Å²) >= 11 is 0. The predicted molar refractivity (Wildman–Crippen MR) is 197 cm³/mol. The molecule has 5 heteroatoms. The zero-order valence-corrected chi connectivity index (χ0v) is 26.0. The molecule has 48 heavy (non-hydrogen) atoms. The van der Waals surface area contributed by atoms with Crippen LogP contribution >= 0.6 is 0 Å². The first-order valence-corrected chi connectivity index (χ1v) is 16.4. The lowest BCUT2D eigenvalue weighted by molar-refractivity contribution is 0.750. The maximum Gasteiger partial charge on any atom is 0.238 e. The van der Waals surface area contributed by atoms with E-state index in [2.05, 4.69) is 149 Å². The van der Waals surface area contributed by atoms with Gasteiger partial charge in [-0.25, -0.2) is 4.98 Å². The summed E-state index contributed by atoms with van der Waals surface area (Å²) in [5.74, 6) is 2.17. The normalized spacial score (nSPS) is 14.6. The van der Waals surface area contributed by atoms with Gasteiger partial charge in [0.25, 0.3) is 0 Å². The van der Waals surface area contributed by atoms with E-state index in [1.165, 1.54) is 43.4 Å². The van der Waals surface area contributed by atoms with Crippen molar-refractivity contribution < 1.29 is 0 Å². The molecule has 1 atom stereocenters. The minimum atomic E-state index is 0.0824. The Bertz CT molecular complexity index is 2770. The summed E-state index contributed by atoms with van der Waals surface area (Å²) in [5, 5.41) is 7.27. The van der Waals surface area contributed by atoms with Crippen LogP contribution in [0.25, 0.3) is 77.4 Å². The summed E-state index contributed by atoms with van der Waals surface area (Å²) in [5.41, 5.74) is 6.60. The van der Waals surface area contributed by atoms with E-state index in [9.17, 15) is 0 Å². The van der Waals surface area contributed by atoms with Gasteiger partial charge in [-0.1, -0.05) is 121 Å². The van der Waals surface area contributed by atoms with Crippen molar-refractivity contribution in [2.75, 3.05) is 0 Å². The molecular formula is C43H29N5. The molecule has 5 nitrogen and oxygen atoms in total. The molecule has 0 aliphatic heterocycles. The average molecular weight is 616 g/mol. The Morgan fingerprint density at radius 1 is 0.521 bits per heavy atom. The Balaban J connectivity index is 1.29. The first kappa shape index (κ1) is 26.8. The summed E-state index contributed by atoms with van der Waals surface area (Å²) < 4.78 is 4.63. The number of hydrogen-bond acceptors (Lipinski definition) is 3. The molecule has 0 saturated heterocycles. The quantitative estimate of drug-likeness (QED) is 0.198. The molecule has 0 spiro atoms. The SMILES string of the molecule is C1=CCC(c2nc(-c3ccccc3)nc(-n3c4ccccc4c4c5c6ccccc6n(-c6ccc7ccccc7c6)c5ccc43)n2)C=C1. The van der Waals surface area contributed by atoms with Gasteiger partial charge in [-0.2, -0.15) is 9.97 Å². The third-order valence-corrected chi connectivity index (χ3v) is 9.65. The molecule has 1 aliphatic rings. The smallest absolute Gasteiger partial charge is 0.238 e. The maximum absolute atomic E-state index is 5.20. The Kier molecular flexibility index (Phi) is 5.93. The molecule has 1 unspecified atom stereocenters. The van der Waals surface area contributed by atoms with E-state index in [4.69, 9.17) is 15.0 Å². The van der Waals surface area contributed by atoms with Crippen LogP contribution in [0.2, 0.25) is 0 Å². The minimum absolute atomic E-state index is 0.0824. The van der Waals surface area contributed by atoms with E-state index in [0.29, 0.717) is 11.8 Å². The first-order valence-electron chi connectivity index (χ1n) is 16.4. The average Bonchev–Trinajstić information content (AvgIpc) is 3.68. The van der Waals surface area contributed by atoms with Crippen LogP contribution in [0, 0.1) is 0 Å². The molecule has 0 amide bonds. The zero-order chi connectivity index (χ0) is 31.6. The third kappa shape index (κ3) is 4.07. The third-order valence-electron chi connectivity index (χ3n) is 9.65. The second kappa shape index (κ2) is 10.6. The van der Waals surface area contributed by atoms with Crippen molar-refractivity contribution in [1.82, 2.24) is 24.1 Å². The van der Waals surface area contributed by atoms with Gasteiger partial charge in [-0.05, 0) is 53.6 Å². The van der Waals surface area contributed by atoms with Gasteiger partial charge in [0.2, 0.25) is 5.95 Å². The molecule has 6 aromatic carbocycles. The number of aromatic nitrogens is 5. The Morgan fingerprint density at radius 2 is 1.19 bits per heavy atom. The van der Waals surface area contributed by atoms with Crippen LogP contribution in [0.4, 0.5) is 0 Å². The molecule has 0 bridgehead atoms. The minimum Gasteiger partial charge on any atom is -0.309 e. The van der Waals surface area contributed by atoms with E-state index in [1.54, 1.807) is 0 Å². The zero-order valence-electron chi connectivity index (χ0n) is 26.0. The predicted octanol–water partition coefficient (Wildman–Crippen LogP) is 10.5. The van der Waals surface area contributed by atoms with Crippen molar-refractivity contribution in [2.24, 2.45) is 0 Å². The van der Waals surface area contributed by atoms with Gasteiger partial charge >= 0.3 is 0 Å². The molecule has 0 N–H and O–H groups in total. The largest absolute Gasteiger partial charge is 0.309 e. The van der Waals surface area contributed by atoms with Crippen LogP contribution in [-0.2, 0) is 0 Å². The van der Waals surface area contributed by atoms with Crippen molar-refractivity contribution in [3.63, 3.8) is 0 Å². The molecule has 0 radical (unpaired) electrons. The molecule has 9 aromatic rings. The fourth-order valence-electron chi connectivity index (χ4n) is 7.46. The topological polar surface area (TPSA) is 48.5 Å². The Hall–Kier alpha value is -6.33. The number of rotatable bonds is 4. The van der Waals surface area contributed by atoms with Crippen LogP contribution in [0.3, 0.4) is 0 Å². The van der Waals surface area contributed by atoms with Gasteiger partial charge in [-0.15, -0.1) is 0 Å². The second-order valence-corrected chi connectivity index (χ2v) is 12.4. The van der Waals surface area contributed by atoms with Gasteiger partial charge in [0, 0.05) is 38.7 Å². The van der Waals surface area contributed by atoms with Crippen molar-refractivity contribution in [2.45, 2.75) is 12.3 Å². The molecule has 3 aromatic heterocycles. The highest BCUT2D eigenvalue weighted by atomic mass is 15.2. The highest BCUT2D eigenvalue weighted by Gasteiger charge is 2.23. The van der Waals surface area contributed by atoms with Crippen LogP contribution in [0.15, 0.2) is 158 Å². The van der Waals surface area contributed by atoms with E-state index in [0.717, 1.165) is 34.5 Å². The lowest BCUT2D eigenvalue weighted by atomic mass is 10.00. The molecular weight excluding hydrogens is 587 g/mol. The van der Waals surface area contributed by atoms with Gasteiger partial charge in [0.15, 0.2) is 5.82 Å². The van der Waals surface area contributed by atoms with Crippen molar-refractivity contribution in [1.29, 1.82) is 0 Å². The first-order chi connectivity index (χ1) is 23.8. The summed E-state index contributed by atoms with van der Waals surface area (Å²) in [6, 6.07) is 47.4. The number of allylic oxidation sites excluding steroid dienone is 4. The molecule has 0 fully saturated rings. The highest BCUT2D eigenvalue weighted by molar-refractivity contribution is 6.28. The standard InChI is InChI=1S/C43H29N5/c1-3-14-29(15-4-1)41-44-42(30-16-5-2-6-17-30)46-43(45-41)48-36-22-12-10-20-34(36)40-38(48)26-25-37-39(40)33-19-9-11-21-35(33)47(37)32-24-23-28-13-7-8-18-31(28)27-32/h1-16,18-27,30H,17H2. The Morgan fingerprint density at radius 3 is 1.94 bits per heavy atom. The lowest BCUT2D eigenvalue weighted by Crippen LogP contribution is -2.11. The molecule has 10 rings (SSSR count). The molecule has 3 heterocycles. The van der Waals surface area contributed by atoms with Crippen LogP contribution in [0.5, 0.6) is 0 Å². The number of hydrogen-bond donors (Lipinski definition) is 0. The fourth-order valence-corrected chi connectivity index (χ4v) is 7.46. The molecule has 1 aliphatic carbocycles. The van der Waals surface area contributed by atoms with E-state index in [-0.39, 0.29) is 5.92 Å². The van der Waals surface area contributed by atoms with Crippen LogP contribution < -0.4 is 0 Å². The van der Waals surface area contributed by atoms with Crippen LogP contribution in [0.1, 0.15) is 18.2 Å². The maximum atomic E-state index is 5.20. The second-order valence-electron chi connectivity index (χ2n) is 12.4. The van der Waals surface area contributed by atoms with Gasteiger partial charge in [-0.3, -0.25) is 4.57 Å². The van der Waals surface area contributed by atoms with Crippen molar-refractivity contribution >= 4 is 54.4 Å². The summed E-state index contributed by atoms with van der Waals surface area (Å²) in [7, 11) is 0. The van der Waals surface area contributed by atoms with Gasteiger partial charge in [0.05, 0.1) is 22.1 Å². The summed E-state index contributed by atoms with van der Waals surface area (Å²) in [6.45, 7) is 0. The summed E-state index contributed by atoms with van der Waals surface area (Å²) in [4.78, 5) is 15.4. The van der Waals surface area contributed by atoms with Crippen molar-refractivity contribution in [3.8, 4) is 23.0 Å². The lowest BCUT2D eigenvalue weighted by Gasteiger charge is -2.15. The summed E-state index contributed by atoms with van der Waals surface area (Å²) in [6.07, 6.45) is 9.39. The van der Waals surface area contributed by atoms with E-state index in [1.807, 2.05) is 18.2 Å². The van der Waals surface area contributed by atoms with Gasteiger partial charge < -0.3 is 4.57 Å². The number of nitrogens with zero attached hydrogens (tertiary/aromatic N) is 5.